The Morgan fingerprint density at radius 3 is 1.24 bits per heavy atom. The summed E-state index contributed by atoms with van der Waals surface area (Å²) in [5, 5.41) is 0. The van der Waals surface area contributed by atoms with Gasteiger partial charge >= 0.3 is 6.18 Å². The average molecular weight is 252 g/mol. The van der Waals surface area contributed by atoms with Crippen LogP contribution in [-0.2, 0) is 0 Å². The van der Waals surface area contributed by atoms with Gasteiger partial charge in [-0.1, -0.05) is 48.0 Å². The highest BCUT2D eigenvalue weighted by Gasteiger charge is 2.66. The molecule has 0 fully saturated rings. The standard InChI is InChI=1S/C14H27F3/c1-8-11(4,5)13(7,14(15,16)17)12(6,9-2)10-3/h8-10H2,1-7H3. The molecule has 0 aliphatic rings. The number of hydrogen-bond acceptors (Lipinski definition) is 0. The summed E-state index contributed by atoms with van der Waals surface area (Å²) in [5.74, 6) is 0. The Kier molecular flexibility index (Phi) is 4.75. The summed E-state index contributed by atoms with van der Waals surface area (Å²) in [6.07, 6.45) is -2.56. The van der Waals surface area contributed by atoms with Crippen LogP contribution in [0.25, 0.3) is 0 Å². The molecule has 0 aliphatic carbocycles. The summed E-state index contributed by atoms with van der Waals surface area (Å²) in [6, 6.07) is 0. The highest BCUT2D eigenvalue weighted by molar-refractivity contribution is 5.04. The van der Waals surface area contributed by atoms with Crippen molar-refractivity contribution in [2.75, 3.05) is 0 Å². The van der Waals surface area contributed by atoms with Gasteiger partial charge in [0, 0.05) is 0 Å². The maximum atomic E-state index is 13.7. The Labute approximate surface area is 104 Å². The van der Waals surface area contributed by atoms with Gasteiger partial charge in [0.25, 0.3) is 0 Å². The van der Waals surface area contributed by atoms with Crippen molar-refractivity contribution in [3.63, 3.8) is 0 Å². The lowest BCUT2D eigenvalue weighted by atomic mass is 9.50. The van der Waals surface area contributed by atoms with Gasteiger partial charge in [0.1, 0.15) is 0 Å². The summed E-state index contributed by atoms with van der Waals surface area (Å²) in [7, 11) is 0. The van der Waals surface area contributed by atoms with E-state index in [0.29, 0.717) is 19.3 Å². The molecule has 0 amide bonds. The normalized spacial score (nSPS) is 18.0. The van der Waals surface area contributed by atoms with Crippen LogP contribution in [0.3, 0.4) is 0 Å². The third-order valence-electron chi connectivity index (χ3n) is 5.57. The Bertz CT molecular complexity index is 249. The zero-order valence-corrected chi connectivity index (χ0v) is 12.3. The molecule has 0 radical (unpaired) electrons. The molecule has 0 aromatic carbocycles. The minimum absolute atomic E-state index is 0.526. The number of alkyl halides is 3. The monoisotopic (exact) mass is 252 g/mol. The Morgan fingerprint density at radius 1 is 0.706 bits per heavy atom. The van der Waals surface area contributed by atoms with E-state index in [-0.39, 0.29) is 0 Å². The zero-order chi connectivity index (χ0) is 14.1. The van der Waals surface area contributed by atoms with Crippen LogP contribution in [0, 0.1) is 16.2 Å². The topological polar surface area (TPSA) is 0 Å². The minimum atomic E-state index is -4.17. The summed E-state index contributed by atoms with van der Waals surface area (Å²) in [4.78, 5) is 0. The van der Waals surface area contributed by atoms with Crippen molar-refractivity contribution < 1.29 is 13.2 Å². The molecule has 17 heavy (non-hydrogen) atoms. The van der Waals surface area contributed by atoms with E-state index in [1.54, 1.807) is 20.8 Å². The predicted octanol–water partition coefficient (Wildman–Crippen LogP) is 5.82. The fourth-order valence-corrected chi connectivity index (χ4v) is 2.85. The van der Waals surface area contributed by atoms with E-state index in [1.807, 2.05) is 20.8 Å². The maximum absolute atomic E-state index is 13.7. The molecule has 0 nitrogen and oxygen atoms in total. The van der Waals surface area contributed by atoms with E-state index in [1.165, 1.54) is 6.92 Å². The highest BCUT2D eigenvalue weighted by atomic mass is 19.4. The summed E-state index contributed by atoms with van der Waals surface area (Å²) in [6.45, 7) is 12.2. The van der Waals surface area contributed by atoms with Crippen LogP contribution in [0.4, 0.5) is 13.2 Å². The van der Waals surface area contributed by atoms with Crippen molar-refractivity contribution in [1.82, 2.24) is 0 Å². The van der Waals surface area contributed by atoms with Gasteiger partial charge in [0.05, 0.1) is 5.41 Å². The van der Waals surface area contributed by atoms with E-state index < -0.39 is 22.4 Å². The van der Waals surface area contributed by atoms with Gasteiger partial charge in [-0.2, -0.15) is 13.2 Å². The van der Waals surface area contributed by atoms with Crippen molar-refractivity contribution in [3.05, 3.63) is 0 Å². The van der Waals surface area contributed by atoms with Crippen molar-refractivity contribution in [2.45, 2.75) is 73.9 Å². The van der Waals surface area contributed by atoms with Gasteiger partial charge < -0.3 is 0 Å². The molecule has 1 unspecified atom stereocenters. The van der Waals surface area contributed by atoms with Crippen molar-refractivity contribution in [3.8, 4) is 0 Å². The fraction of sp³-hybridized carbons (Fsp3) is 1.00. The predicted molar refractivity (Wildman–Crippen MR) is 66.9 cm³/mol. The molecule has 0 saturated carbocycles. The molecule has 0 aromatic rings. The van der Waals surface area contributed by atoms with E-state index in [4.69, 9.17) is 0 Å². The average Bonchev–Trinajstić information content (AvgIpc) is 2.24. The third-order valence-corrected chi connectivity index (χ3v) is 5.57. The van der Waals surface area contributed by atoms with E-state index in [9.17, 15) is 13.2 Å². The minimum Gasteiger partial charge on any atom is -0.170 e. The first kappa shape index (κ1) is 16.8. The van der Waals surface area contributed by atoms with Gasteiger partial charge in [-0.25, -0.2) is 0 Å². The molecule has 0 heterocycles. The van der Waals surface area contributed by atoms with E-state index >= 15 is 0 Å². The molecule has 0 aliphatic heterocycles. The second kappa shape index (κ2) is 4.81. The van der Waals surface area contributed by atoms with Crippen LogP contribution >= 0.6 is 0 Å². The Balaban J connectivity index is 5.91. The summed E-state index contributed by atoms with van der Waals surface area (Å²) in [5.41, 5.74) is -3.14. The quantitative estimate of drug-likeness (QED) is 0.578. The van der Waals surface area contributed by atoms with Gasteiger partial charge in [0.15, 0.2) is 0 Å². The van der Waals surface area contributed by atoms with Gasteiger partial charge in [-0.15, -0.1) is 0 Å². The first-order valence-corrected chi connectivity index (χ1v) is 6.50. The molecule has 0 N–H and O–H groups in total. The molecule has 0 bridgehead atoms. The number of hydrogen-bond donors (Lipinski definition) is 0. The van der Waals surface area contributed by atoms with Crippen molar-refractivity contribution in [2.24, 2.45) is 16.2 Å². The van der Waals surface area contributed by atoms with Crippen LogP contribution < -0.4 is 0 Å². The van der Waals surface area contributed by atoms with Crippen LogP contribution in [0.5, 0.6) is 0 Å². The third kappa shape index (κ3) is 2.34. The van der Waals surface area contributed by atoms with E-state index in [0.717, 1.165) is 0 Å². The lowest BCUT2D eigenvalue weighted by Gasteiger charge is -2.55. The lowest BCUT2D eigenvalue weighted by molar-refractivity contribution is -0.297. The van der Waals surface area contributed by atoms with Crippen LogP contribution in [-0.4, -0.2) is 6.18 Å². The fourth-order valence-electron chi connectivity index (χ4n) is 2.85. The Morgan fingerprint density at radius 2 is 1.06 bits per heavy atom. The molecular formula is C14H27F3. The first-order chi connectivity index (χ1) is 7.43. The lowest BCUT2D eigenvalue weighted by Crippen LogP contribution is -2.56. The van der Waals surface area contributed by atoms with Gasteiger partial charge in [-0.05, 0) is 30.6 Å². The smallest absolute Gasteiger partial charge is 0.170 e. The molecule has 3 heteroatoms. The summed E-state index contributed by atoms with van der Waals surface area (Å²) < 4.78 is 41.0. The first-order valence-electron chi connectivity index (χ1n) is 6.50. The molecule has 104 valence electrons. The van der Waals surface area contributed by atoms with Crippen LogP contribution in [0.1, 0.15) is 67.7 Å². The van der Waals surface area contributed by atoms with Crippen LogP contribution in [0.2, 0.25) is 0 Å². The highest BCUT2D eigenvalue weighted by Crippen LogP contribution is 2.63. The largest absolute Gasteiger partial charge is 0.395 e. The molecule has 0 spiro atoms. The second-order valence-corrected chi connectivity index (χ2v) is 6.13. The molecule has 0 saturated heterocycles. The maximum Gasteiger partial charge on any atom is 0.395 e. The molecule has 0 aromatic heterocycles. The molecular weight excluding hydrogens is 225 g/mol. The van der Waals surface area contributed by atoms with Crippen molar-refractivity contribution in [1.29, 1.82) is 0 Å². The molecule has 1 atom stereocenters. The van der Waals surface area contributed by atoms with Gasteiger partial charge in [-0.3, -0.25) is 0 Å². The zero-order valence-electron chi connectivity index (χ0n) is 12.3. The van der Waals surface area contributed by atoms with E-state index in [2.05, 4.69) is 0 Å². The number of halogens is 3. The van der Waals surface area contributed by atoms with Gasteiger partial charge in [0.2, 0.25) is 0 Å². The second-order valence-electron chi connectivity index (χ2n) is 6.13. The van der Waals surface area contributed by atoms with Crippen LogP contribution in [0.15, 0.2) is 0 Å². The van der Waals surface area contributed by atoms with Crippen molar-refractivity contribution >= 4 is 0 Å². The summed E-state index contributed by atoms with van der Waals surface area (Å²) >= 11 is 0. The SMILES string of the molecule is CCC(C)(C)C(C)(C(F)(F)F)C(C)(CC)CC. The Hall–Kier alpha value is -0.210. The number of rotatable bonds is 5. The molecule has 0 rings (SSSR count).